The summed E-state index contributed by atoms with van der Waals surface area (Å²) in [5.74, 6) is 0.680. The molecule has 3 aliphatic rings. The first-order valence-electron chi connectivity index (χ1n) is 9.43. The van der Waals surface area contributed by atoms with Gasteiger partial charge < -0.3 is 15.5 Å². The average Bonchev–Trinajstić information content (AvgIpc) is 3.34. The third kappa shape index (κ3) is 3.99. The number of urea groups is 1. The first kappa shape index (κ1) is 16.1. The van der Waals surface area contributed by atoms with Crippen LogP contribution >= 0.6 is 11.3 Å². The van der Waals surface area contributed by atoms with Crippen molar-refractivity contribution in [3.05, 3.63) is 5.01 Å². The standard InChI is InChI=1S/C17H27N5OS/c23-16(18-13-4-2-1-3-5-13)19-14-8-10-22(11-9-14)17-21-20-15(24-17)12-6-7-12/h12-14H,1-11H2,(H2,18,19,23). The largest absolute Gasteiger partial charge is 0.347 e. The van der Waals surface area contributed by atoms with Crippen LogP contribution in [0.25, 0.3) is 0 Å². The highest BCUT2D eigenvalue weighted by Gasteiger charge is 2.29. The molecule has 0 aromatic carbocycles. The lowest BCUT2D eigenvalue weighted by molar-refractivity contribution is 0.226. The predicted molar refractivity (Wildman–Crippen MR) is 95.7 cm³/mol. The molecule has 132 valence electrons. The summed E-state index contributed by atoms with van der Waals surface area (Å²) in [6.45, 7) is 1.90. The van der Waals surface area contributed by atoms with E-state index in [0.29, 0.717) is 12.0 Å². The molecule has 0 spiro atoms. The van der Waals surface area contributed by atoms with Crippen LogP contribution < -0.4 is 15.5 Å². The monoisotopic (exact) mass is 349 g/mol. The molecule has 0 unspecified atom stereocenters. The normalized spacial score (nSPS) is 23.2. The molecule has 3 fully saturated rings. The van der Waals surface area contributed by atoms with Crippen LogP contribution in [0.2, 0.25) is 0 Å². The topological polar surface area (TPSA) is 70.2 Å². The number of piperidine rings is 1. The minimum atomic E-state index is 0.0206. The first-order chi connectivity index (χ1) is 11.8. The third-order valence-electron chi connectivity index (χ3n) is 5.40. The molecule has 2 amide bonds. The molecule has 1 aromatic rings. The van der Waals surface area contributed by atoms with E-state index >= 15 is 0 Å². The van der Waals surface area contributed by atoms with Crippen LogP contribution in [0.5, 0.6) is 0 Å². The summed E-state index contributed by atoms with van der Waals surface area (Å²) in [6, 6.07) is 0.675. The Morgan fingerprint density at radius 3 is 2.25 bits per heavy atom. The number of amides is 2. The Kier molecular flexibility index (Phi) is 4.87. The van der Waals surface area contributed by atoms with Crippen molar-refractivity contribution in [2.45, 2.75) is 75.8 Å². The van der Waals surface area contributed by atoms with Gasteiger partial charge in [-0.2, -0.15) is 0 Å². The fraction of sp³-hybridized carbons (Fsp3) is 0.824. The Morgan fingerprint density at radius 1 is 0.917 bits per heavy atom. The van der Waals surface area contributed by atoms with Crippen LogP contribution in [-0.2, 0) is 0 Å². The highest BCUT2D eigenvalue weighted by molar-refractivity contribution is 7.15. The van der Waals surface area contributed by atoms with Crippen LogP contribution in [0.1, 0.15) is 68.7 Å². The lowest BCUT2D eigenvalue weighted by atomic mass is 9.96. The van der Waals surface area contributed by atoms with E-state index in [1.54, 1.807) is 11.3 Å². The molecule has 1 aliphatic heterocycles. The van der Waals surface area contributed by atoms with Gasteiger partial charge in [0.2, 0.25) is 5.13 Å². The van der Waals surface area contributed by atoms with E-state index < -0.39 is 0 Å². The molecule has 1 saturated heterocycles. The van der Waals surface area contributed by atoms with Gasteiger partial charge in [-0.25, -0.2) is 4.79 Å². The number of anilines is 1. The summed E-state index contributed by atoms with van der Waals surface area (Å²) >= 11 is 1.75. The number of aromatic nitrogens is 2. The summed E-state index contributed by atoms with van der Waals surface area (Å²) in [5.41, 5.74) is 0. The van der Waals surface area contributed by atoms with Gasteiger partial charge in [0.1, 0.15) is 5.01 Å². The van der Waals surface area contributed by atoms with Gasteiger partial charge in [-0.15, -0.1) is 10.2 Å². The van der Waals surface area contributed by atoms with Crippen LogP contribution in [0.3, 0.4) is 0 Å². The van der Waals surface area contributed by atoms with Crippen molar-refractivity contribution in [2.75, 3.05) is 18.0 Å². The number of carbonyl (C=O) groups is 1. The van der Waals surface area contributed by atoms with Crippen molar-refractivity contribution in [1.29, 1.82) is 0 Å². The van der Waals surface area contributed by atoms with E-state index in [4.69, 9.17) is 0 Å². The van der Waals surface area contributed by atoms with Gasteiger partial charge in [-0.05, 0) is 38.5 Å². The number of rotatable bonds is 4. The summed E-state index contributed by atoms with van der Waals surface area (Å²) in [5, 5.41) is 17.3. The van der Waals surface area contributed by atoms with Gasteiger partial charge in [0.15, 0.2) is 0 Å². The maximum Gasteiger partial charge on any atom is 0.315 e. The second-order valence-electron chi connectivity index (χ2n) is 7.41. The van der Waals surface area contributed by atoms with Crippen molar-refractivity contribution in [1.82, 2.24) is 20.8 Å². The second-order valence-corrected chi connectivity index (χ2v) is 8.40. The summed E-state index contributed by atoms with van der Waals surface area (Å²) < 4.78 is 0. The maximum atomic E-state index is 12.2. The molecule has 24 heavy (non-hydrogen) atoms. The van der Waals surface area contributed by atoms with Crippen LogP contribution in [0.4, 0.5) is 9.93 Å². The van der Waals surface area contributed by atoms with Crippen molar-refractivity contribution < 1.29 is 4.79 Å². The highest BCUT2D eigenvalue weighted by atomic mass is 32.1. The zero-order valence-corrected chi connectivity index (χ0v) is 15.0. The molecule has 7 heteroatoms. The lowest BCUT2D eigenvalue weighted by Crippen LogP contribution is -2.50. The Bertz CT molecular complexity index is 559. The third-order valence-corrected chi connectivity index (χ3v) is 6.54. The molecule has 2 N–H and O–H groups in total. The Morgan fingerprint density at radius 2 is 1.58 bits per heavy atom. The fourth-order valence-corrected chi connectivity index (χ4v) is 4.79. The van der Waals surface area contributed by atoms with Gasteiger partial charge in [0, 0.05) is 31.1 Å². The molecule has 2 aliphatic carbocycles. The number of hydrogen-bond donors (Lipinski definition) is 2. The zero-order valence-electron chi connectivity index (χ0n) is 14.2. The van der Waals surface area contributed by atoms with Crippen molar-refractivity contribution >= 4 is 22.5 Å². The van der Waals surface area contributed by atoms with E-state index in [2.05, 4.69) is 25.7 Å². The molecule has 4 rings (SSSR count). The van der Waals surface area contributed by atoms with E-state index in [-0.39, 0.29) is 12.1 Å². The molecular weight excluding hydrogens is 322 g/mol. The van der Waals surface area contributed by atoms with Crippen molar-refractivity contribution in [3.8, 4) is 0 Å². The van der Waals surface area contributed by atoms with Crippen LogP contribution in [0, 0.1) is 0 Å². The quantitative estimate of drug-likeness (QED) is 0.877. The van der Waals surface area contributed by atoms with E-state index in [1.165, 1.54) is 37.1 Å². The number of carbonyl (C=O) groups excluding carboxylic acids is 1. The molecular formula is C17H27N5OS. The number of nitrogens with zero attached hydrogens (tertiary/aromatic N) is 3. The summed E-state index contributed by atoms with van der Waals surface area (Å²) in [7, 11) is 0. The molecule has 0 atom stereocenters. The minimum absolute atomic E-state index is 0.0206. The smallest absolute Gasteiger partial charge is 0.315 e. The van der Waals surface area contributed by atoms with Crippen LogP contribution in [0.15, 0.2) is 0 Å². The lowest BCUT2D eigenvalue weighted by Gasteiger charge is -2.32. The first-order valence-corrected chi connectivity index (χ1v) is 10.2. The van der Waals surface area contributed by atoms with E-state index in [1.807, 2.05) is 0 Å². The fourth-order valence-electron chi connectivity index (χ4n) is 3.72. The van der Waals surface area contributed by atoms with Gasteiger partial charge in [-0.3, -0.25) is 0 Å². The maximum absolute atomic E-state index is 12.2. The van der Waals surface area contributed by atoms with Gasteiger partial charge >= 0.3 is 6.03 Å². The summed E-state index contributed by atoms with van der Waals surface area (Å²) in [4.78, 5) is 14.5. The molecule has 1 aromatic heterocycles. The predicted octanol–water partition coefficient (Wildman–Crippen LogP) is 3.02. The molecule has 2 saturated carbocycles. The Hall–Kier alpha value is -1.37. The molecule has 2 heterocycles. The number of nitrogens with one attached hydrogen (secondary N) is 2. The van der Waals surface area contributed by atoms with Gasteiger partial charge in [-0.1, -0.05) is 30.6 Å². The van der Waals surface area contributed by atoms with E-state index in [9.17, 15) is 4.79 Å². The van der Waals surface area contributed by atoms with Gasteiger partial charge in [0.05, 0.1) is 0 Å². The molecule has 6 nitrogen and oxygen atoms in total. The molecule has 0 bridgehead atoms. The Balaban J connectivity index is 1.21. The number of hydrogen-bond acceptors (Lipinski definition) is 5. The molecule has 0 radical (unpaired) electrons. The SMILES string of the molecule is O=C(NC1CCCCC1)NC1CCN(c2nnc(C3CC3)s2)CC1. The summed E-state index contributed by atoms with van der Waals surface area (Å²) in [6.07, 6.45) is 10.6. The van der Waals surface area contributed by atoms with Crippen molar-refractivity contribution in [2.24, 2.45) is 0 Å². The van der Waals surface area contributed by atoms with Gasteiger partial charge in [0.25, 0.3) is 0 Å². The second kappa shape index (κ2) is 7.25. The van der Waals surface area contributed by atoms with Crippen LogP contribution in [-0.4, -0.2) is 41.4 Å². The highest BCUT2D eigenvalue weighted by Crippen LogP contribution is 2.42. The minimum Gasteiger partial charge on any atom is -0.347 e. The zero-order chi connectivity index (χ0) is 16.4. The van der Waals surface area contributed by atoms with E-state index in [0.717, 1.165) is 43.9 Å². The Labute approximate surface area is 147 Å². The van der Waals surface area contributed by atoms with Crippen molar-refractivity contribution in [3.63, 3.8) is 0 Å². The average molecular weight is 350 g/mol.